The number of β-amino-alcohol motifs (C(OH)–C–C–N with tert-alkyl or cyclic N) is 1. The fourth-order valence-corrected chi connectivity index (χ4v) is 4.53. The first-order valence-corrected chi connectivity index (χ1v) is 12.4. The van der Waals surface area contributed by atoms with E-state index >= 15 is 0 Å². The average molecular weight is 453 g/mol. The van der Waals surface area contributed by atoms with Gasteiger partial charge in [-0.3, -0.25) is 9.69 Å². The Hall–Kier alpha value is -2.41. The van der Waals surface area contributed by atoms with Crippen LogP contribution in [0, 0.1) is 0 Å². The van der Waals surface area contributed by atoms with Crippen LogP contribution in [0.4, 0.5) is 5.69 Å². The molecule has 33 heavy (non-hydrogen) atoms. The molecular formula is C27H40N4O2. The van der Waals surface area contributed by atoms with E-state index < -0.39 is 6.10 Å². The number of nitrogens with one attached hydrogen (secondary N) is 2. The first-order chi connectivity index (χ1) is 16.0. The van der Waals surface area contributed by atoms with Crippen molar-refractivity contribution in [2.75, 3.05) is 50.7 Å². The number of benzene rings is 2. The van der Waals surface area contributed by atoms with E-state index in [4.69, 9.17) is 0 Å². The fourth-order valence-electron chi connectivity index (χ4n) is 4.53. The lowest BCUT2D eigenvalue weighted by molar-refractivity contribution is 0.0841. The number of fused-ring (bicyclic) bond motifs is 1. The predicted octanol–water partition coefficient (Wildman–Crippen LogP) is 2.83. The molecular weight excluding hydrogens is 412 g/mol. The highest BCUT2D eigenvalue weighted by Gasteiger charge is 2.19. The van der Waals surface area contributed by atoms with Crippen LogP contribution in [0.15, 0.2) is 42.5 Å². The highest BCUT2D eigenvalue weighted by Crippen LogP contribution is 2.21. The van der Waals surface area contributed by atoms with Gasteiger partial charge in [-0.25, -0.2) is 0 Å². The van der Waals surface area contributed by atoms with E-state index in [1.54, 1.807) is 0 Å². The molecule has 0 saturated heterocycles. The Morgan fingerprint density at radius 1 is 1.15 bits per heavy atom. The molecule has 1 aliphatic rings. The lowest BCUT2D eigenvalue weighted by Crippen LogP contribution is -2.42. The summed E-state index contributed by atoms with van der Waals surface area (Å²) in [5, 5.41) is 16.9. The summed E-state index contributed by atoms with van der Waals surface area (Å²) in [4.78, 5) is 17.5. The van der Waals surface area contributed by atoms with Crippen LogP contribution >= 0.6 is 0 Å². The van der Waals surface area contributed by atoms with Crippen LogP contribution in [-0.4, -0.2) is 67.8 Å². The van der Waals surface area contributed by atoms with E-state index in [-0.39, 0.29) is 12.5 Å². The highest BCUT2D eigenvalue weighted by atomic mass is 16.3. The molecule has 2 aromatic rings. The maximum atomic E-state index is 12.9. The van der Waals surface area contributed by atoms with E-state index in [0.29, 0.717) is 12.1 Å². The van der Waals surface area contributed by atoms with Crippen molar-refractivity contribution < 1.29 is 9.90 Å². The fraction of sp³-hybridized carbons (Fsp3) is 0.519. The first-order valence-electron chi connectivity index (χ1n) is 12.4. The van der Waals surface area contributed by atoms with Crippen LogP contribution in [-0.2, 0) is 19.4 Å². The van der Waals surface area contributed by atoms with Gasteiger partial charge in [-0.05, 0) is 61.2 Å². The van der Waals surface area contributed by atoms with Gasteiger partial charge in [-0.2, -0.15) is 0 Å². The molecule has 0 radical (unpaired) electrons. The maximum absolute atomic E-state index is 12.9. The van der Waals surface area contributed by atoms with E-state index in [0.717, 1.165) is 63.4 Å². The Morgan fingerprint density at radius 3 is 2.67 bits per heavy atom. The standard InChI is InChI=1S/C27H40N4O2/c1-4-21-17-24(31(6-3)16-14-28-5-2)11-12-26(21)27(33)29-18-25(32)20-30-15-13-22-9-7-8-10-23(22)19-30/h7-12,17,25,28,32H,4-6,13-16,18-20H2,1-3H3,(H,29,33). The normalized spacial score (nSPS) is 14.5. The molecule has 0 fully saturated rings. The molecule has 3 rings (SSSR count). The number of aliphatic hydroxyl groups is 1. The van der Waals surface area contributed by atoms with Crippen molar-refractivity contribution in [3.63, 3.8) is 0 Å². The minimum Gasteiger partial charge on any atom is -0.390 e. The Morgan fingerprint density at radius 2 is 1.94 bits per heavy atom. The zero-order chi connectivity index (χ0) is 23.6. The summed E-state index contributed by atoms with van der Waals surface area (Å²) in [6.07, 6.45) is 1.20. The Kier molecular flexibility index (Phi) is 9.73. The van der Waals surface area contributed by atoms with Gasteiger partial charge in [0.15, 0.2) is 0 Å². The molecule has 3 N–H and O–H groups in total. The lowest BCUT2D eigenvalue weighted by atomic mass is 10.00. The Balaban J connectivity index is 1.54. The van der Waals surface area contributed by atoms with Gasteiger partial charge in [0.2, 0.25) is 0 Å². The number of aliphatic hydroxyl groups excluding tert-OH is 1. The molecule has 0 spiro atoms. The molecule has 0 bridgehead atoms. The third-order valence-corrected chi connectivity index (χ3v) is 6.45. The van der Waals surface area contributed by atoms with Crippen LogP contribution < -0.4 is 15.5 Å². The van der Waals surface area contributed by atoms with Crippen LogP contribution in [0.1, 0.15) is 47.8 Å². The predicted molar refractivity (Wildman–Crippen MR) is 136 cm³/mol. The zero-order valence-corrected chi connectivity index (χ0v) is 20.4. The van der Waals surface area contributed by atoms with E-state index in [1.807, 2.05) is 12.1 Å². The van der Waals surface area contributed by atoms with E-state index in [9.17, 15) is 9.90 Å². The van der Waals surface area contributed by atoms with Crippen molar-refractivity contribution in [1.82, 2.24) is 15.5 Å². The van der Waals surface area contributed by atoms with Gasteiger partial charge >= 0.3 is 0 Å². The van der Waals surface area contributed by atoms with Gasteiger partial charge in [-0.1, -0.05) is 38.1 Å². The van der Waals surface area contributed by atoms with Gasteiger partial charge in [0.1, 0.15) is 0 Å². The quantitative estimate of drug-likeness (QED) is 0.432. The molecule has 1 unspecified atom stereocenters. The molecule has 0 aliphatic carbocycles. The minimum absolute atomic E-state index is 0.114. The van der Waals surface area contributed by atoms with Crippen molar-refractivity contribution >= 4 is 11.6 Å². The van der Waals surface area contributed by atoms with Crippen molar-refractivity contribution in [3.8, 4) is 0 Å². The second-order valence-electron chi connectivity index (χ2n) is 8.75. The van der Waals surface area contributed by atoms with Gasteiger partial charge in [0.25, 0.3) is 5.91 Å². The third kappa shape index (κ3) is 7.03. The topological polar surface area (TPSA) is 67.8 Å². The molecule has 0 saturated carbocycles. The first kappa shape index (κ1) is 25.2. The highest BCUT2D eigenvalue weighted by molar-refractivity contribution is 5.96. The largest absolute Gasteiger partial charge is 0.390 e. The number of hydrogen-bond acceptors (Lipinski definition) is 5. The SMILES string of the molecule is CCNCCN(CC)c1ccc(C(=O)NCC(O)CN2CCc3ccccc3C2)c(CC)c1. The molecule has 0 aromatic heterocycles. The smallest absolute Gasteiger partial charge is 0.251 e. The summed E-state index contributed by atoms with van der Waals surface area (Å²) in [7, 11) is 0. The molecule has 6 heteroatoms. The van der Waals surface area contributed by atoms with Crippen molar-refractivity contribution in [2.45, 2.75) is 46.3 Å². The average Bonchev–Trinajstić information content (AvgIpc) is 2.84. The van der Waals surface area contributed by atoms with Crippen LogP contribution in [0.25, 0.3) is 0 Å². The summed E-state index contributed by atoms with van der Waals surface area (Å²) in [5.41, 5.74) is 5.61. The summed E-state index contributed by atoms with van der Waals surface area (Å²) < 4.78 is 0. The molecule has 1 heterocycles. The number of hydrogen-bond donors (Lipinski definition) is 3. The second kappa shape index (κ2) is 12.7. The molecule has 6 nitrogen and oxygen atoms in total. The molecule has 1 aliphatic heterocycles. The number of likely N-dealkylation sites (N-methyl/N-ethyl adjacent to an activating group) is 2. The van der Waals surface area contributed by atoms with E-state index in [2.05, 4.69) is 71.5 Å². The molecule has 1 amide bonds. The molecule has 1 atom stereocenters. The summed E-state index contributed by atoms with van der Waals surface area (Å²) in [6, 6.07) is 14.6. The van der Waals surface area contributed by atoms with Gasteiger partial charge in [0.05, 0.1) is 6.10 Å². The van der Waals surface area contributed by atoms with Crippen molar-refractivity contribution in [2.24, 2.45) is 0 Å². The number of rotatable bonds is 12. The zero-order valence-electron chi connectivity index (χ0n) is 20.4. The van der Waals surface area contributed by atoms with Gasteiger partial charge in [0, 0.05) is 57.1 Å². The third-order valence-electron chi connectivity index (χ3n) is 6.45. The van der Waals surface area contributed by atoms with Gasteiger partial charge < -0.3 is 20.6 Å². The number of amides is 1. The number of aryl methyl sites for hydroxylation is 1. The van der Waals surface area contributed by atoms with Crippen LogP contribution in [0.5, 0.6) is 0 Å². The Bertz CT molecular complexity index is 901. The number of carbonyl (C=O) groups is 1. The number of nitrogens with zero attached hydrogens (tertiary/aromatic N) is 2. The lowest BCUT2D eigenvalue weighted by Gasteiger charge is -2.30. The maximum Gasteiger partial charge on any atom is 0.251 e. The number of anilines is 1. The van der Waals surface area contributed by atoms with E-state index in [1.165, 1.54) is 11.1 Å². The van der Waals surface area contributed by atoms with Crippen LogP contribution in [0.3, 0.4) is 0 Å². The summed E-state index contributed by atoms with van der Waals surface area (Å²) in [6.45, 7) is 12.7. The molecule has 180 valence electrons. The second-order valence-corrected chi connectivity index (χ2v) is 8.75. The minimum atomic E-state index is -0.592. The molecule has 2 aromatic carbocycles. The summed E-state index contributed by atoms with van der Waals surface area (Å²) >= 11 is 0. The summed E-state index contributed by atoms with van der Waals surface area (Å²) in [5.74, 6) is -0.114. The van der Waals surface area contributed by atoms with Gasteiger partial charge in [-0.15, -0.1) is 0 Å². The van der Waals surface area contributed by atoms with Crippen molar-refractivity contribution in [1.29, 1.82) is 0 Å². The van der Waals surface area contributed by atoms with Crippen molar-refractivity contribution in [3.05, 3.63) is 64.7 Å². The van der Waals surface area contributed by atoms with Crippen LogP contribution in [0.2, 0.25) is 0 Å². The monoisotopic (exact) mass is 452 g/mol. The number of carbonyl (C=O) groups excluding carboxylic acids is 1. The Labute approximate surface area is 199 Å².